The van der Waals surface area contributed by atoms with E-state index in [1.807, 2.05) is 0 Å². The van der Waals surface area contributed by atoms with Crippen LogP contribution in [0, 0.1) is 13.8 Å². The maximum atomic E-state index is 9.89. The van der Waals surface area contributed by atoms with Crippen LogP contribution in [0.1, 0.15) is 35.4 Å². The average molecular weight is 456 g/mol. The minimum absolute atomic E-state index is 0.499. The van der Waals surface area contributed by atoms with Gasteiger partial charge in [-0.25, -0.2) is 9.67 Å². The van der Waals surface area contributed by atoms with E-state index in [1.54, 1.807) is 25.5 Å². The Balaban J connectivity index is 1.51. The van der Waals surface area contributed by atoms with Crippen molar-refractivity contribution in [3.63, 3.8) is 0 Å². The molecule has 4 aromatic rings. The number of aliphatic hydroxyl groups is 1. The van der Waals surface area contributed by atoms with Gasteiger partial charge in [-0.15, -0.1) is 0 Å². The molecular weight excluding hydrogens is 426 g/mol. The smallest absolute Gasteiger partial charge is 0.229 e. The van der Waals surface area contributed by atoms with E-state index in [0.717, 1.165) is 42.0 Å². The fourth-order valence-electron chi connectivity index (χ4n) is 4.30. The van der Waals surface area contributed by atoms with Crippen LogP contribution in [0.3, 0.4) is 0 Å². The summed E-state index contributed by atoms with van der Waals surface area (Å²) in [5, 5.41) is 24.4. The number of aromatic nitrogens is 4. The summed E-state index contributed by atoms with van der Waals surface area (Å²) >= 11 is 0. The molecule has 0 aliphatic carbocycles. The second-order valence-electron chi connectivity index (χ2n) is 8.83. The molecule has 0 radical (unpaired) electrons. The highest BCUT2D eigenvalue weighted by Crippen LogP contribution is 2.31. The monoisotopic (exact) mass is 455 g/mol. The van der Waals surface area contributed by atoms with Crippen molar-refractivity contribution in [3.8, 4) is 11.1 Å². The number of hydrogen-bond acceptors (Lipinski definition) is 7. The van der Waals surface area contributed by atoms with Gasteiger partial charge in [-0.3, -0.25) is 0 Å². The third kappa shape index (κ3) is 4.78. The van der Waals surface area contributed by atoms with Crippen LogP contribution in [-0.4, -0.2) is 31.4 Å². The summed E-state index contributed by atoms with van der Waals surface area (Å²) in [5.41, 5.74) is 8.54. The van der Waals surface area contributed by atoms with Gasteiger partial charge < -0.3 is 21.1 Å². The van der Waals surface area contributed by atoms with Gasteiger partial charge in [0.1, 0.15) is 12.0 Å². The fraction of sp³-hybridized carbons (Fsp3) is 0.269. The maximum Gasteiger partial charge on any atom is 0.229 e. The van der Waals surface area contributed by atoms with E-state index >= 15 is 0 Å². The number of benzene rings is 2. The number of rotatable bonds is 6. The minimum atomic E-state index is -0.718. The van der Waals surface area contributed by atoms with Crippen molar-refractivity contribution in [1.82, 2.24) is 25.1 Å². The van der Waals surface area contributed by atoms with E-state index in [-0.39, 0.29) is 0 Å². The van der Waals surface area contributed by atoms with Crippen LogP contribution in [0.4, 0.5) is 23.1 Å². The van der Waals surface area contributed by atoms with Crippen molar-refractivity contribution >= 4 is 23.1 Å². The number of anilines is 4. The first-order valence-corrected chi connectivity index (χ1v) is 11.5. The van der Waals surface area contributed by atoms with E-state index in [2.05, 4.69) is 76.3 Å². The predicted molar refractivity (Wildman–Crippen MR) is 135 cm³/mol. The first-order chi connectivity index (χ1) is 16.4. The molecule has 4 N–H and O–H groups in total. The second-order valence-corrected chi connectivity index (χ2v) is 8.83. The van der Waals surface area contributed by atoms with Crippen molar-refractivity contribution in [3.05, 3.63) is 77.2 Å². The van der Waals surface area contributed by atoms with Gasteiger partial charge in [0, 0.05) is 41.4 Å². The maximum absolute atomic E-state index is 9.89. The summed E-state index contributed by atoms with van der Waals surface area (Å²) in [6.07, 6.45) is 5.61. The van der Waals surface area contributed by atoms with Crippen LogP contribution in [0.2, 0.25) is 0 Å². The Morgan fingerprint density at radius 3 is 2.59 bits per heavy atom. The normalized spacial score (nSPS) is 13.9. The molecule has 1 aliphatic rings. The van der Waals surface area contributed by atoms with Crippen LogP contribution in [-0.2, 0) is 13.0 Å². The Kier molecular flexibility index (Phi) is 6.00. The number of nitrogens with zero attached hydrogens (tertiary/aromatic N) is 4. The third-order valence-corrected chi connectivity index (χ3v) is 5.92. The minimum Gasteiger partial charge on any atom is -0.372 e. The van der Waals surface area contributed by atoms with Gasteiger partial charge in [0.25, 0.3) is 0 Å². The Morgan fingerprint density at radius 1 is 1.00 bits per heavy atom. The van der Waals surface area contributed by atoms with Crippen LogP contribution >= 0.6 is 0 Å². The molecule has 0 spiro atoms. The Morgan fingerprint density at radius 2 is 1.82 bits per heavy atom. The number of aryl methyl sites for hydroxylation is 2. The number of hydrogen-bond donors (Lipinski definition) is 4. The summed E-state index contributed by atoms with van der Waals surface area (Å²) < 4.78 is 1.51. The molecule has 1 unspecified atom stereocenters. The highest BCUT2D eigenvalue weighted by molar-refractivity contribution is 5.78. The zero-order chi connectivity index (χ0) is 23.7. The Hall–Kier alpha value is -3.75. The lowest BCUT2D eigenvalue weighted by molar-refractivity contribution is 0.111. The molecule has 0 amide bonds. The molecule has 0 saturated carbocycles. The quantitative estimate of drug-likeness (QED) is 0.337. The van der Waals surface area contributed by atoms with E-state index < -0.39 is 6.23 Å². The van der Waals surface area contributed by atoms with Gasteiger partial charge in [-0.2, -0.15) is 10.1 Å². The van der Waals surface area contributed by atoms with E-state index in [1.165, 1.54) is 26.9 Å². The van der Waals surface area contributed by atoms with Gasteiger partial charge in [-0.05, 0) is 80.3 Å². The van der Waals surface area contributed by atoms with Crippen LogP contribution < -0.4 is 16.0 Å². The summed E-state index contributed by atoms with van der Waals surface area (Å²) in [7, 11) is 0. The van der Waals surface area contributed by atoms with Crippen molar-refractivity contribution in [1.29, 1.82) is 0 Å². The molecule has 8 nitrogen and oxygen atoms in total. The van der Waals surface area contributed by atoms with Crippen LogP contribution in [0.5, 0.6) is 0 Å². The van der Waals surface area contributed by atoms with Gasteiger partial charge in [0.2, 0.25) is 5.95 Å². The molecule has 1 atom stereocenters. The molecule has 8 heteroatoms. The zero-order valence-corrected chi connectivity index (χ0v) is 19.6. The van der Waals surface area contributed by atoms with Gasteiger partial charge in [-0.1, -0.05) is 12.1 Å². The lowest BCUT2D eigenvalue weighted by Crippen LogP contribution is -2.23. The number of fused-ring (bicyclic) bond motifs is 1. The van der Waals surface area contributed by atoms with Gasteiger partial charge in [0.05, 0.1) is 6.20 Å². The first-order valence-electron chi connectivity index (χ1n) is 11.5. The van der Waals surface area contributed by atoms with Crippen LogP contribution in [0.25, 0.3) is 11.1 Å². The van der Waals surface area contributed by atoms with Gasteiger partial charge in [0.15, 0.2) is 0 Å². The number of nitrogens with one attached hydrogen (secondary N) is 3. The first kappa shape index (κ1) is 22.1. The topological polar surface area (TPSA) is 99.9 Å². The molecule has 2 aromatic heterocycles. The third-order valence-electron chi connectivity index (χ3n) is 5.92. The lowest BCUT2D eigenvalue weighted by atomic mass is 10.0. The Bertz CT molecular complexity index is 1310. The zero-order valence-electron chi connectivity index (χ0n) is 19.6. The predicted octanol–water partition coefficient (Wildman–Crippen LogP) is 4.60. The SMILES string of the molecule is Cc1cc(C)cc(Nc2ncc(-c3cnn(C(C)O)c3)c(Nc3ccc4c(c3)CNCC4)n2)c1. The van der Waals surface area contributed by atoms with Crippen molar-refractivity contribution < 1.29 is 5.11 Å². The van der Waals surface area contributed by atoms with Crippen LogP contribution in [0.15, 0.2) is 55.0 Å². The lowest BCUT2D eigenvalue weighted by Gasteiger charge is -2.19. The summed E-state index contributed by atoms with van der Waals surface area (Å²) in [6, 6.07) is 12.7. The molecule has 174 valence electrons. The summed E-state index contributed by atoms with van der Waals surface area (Å²) in [5.74, 6) is 1.16. The van der Waals surface area contributed by atoms with Crippen molar-refractivity contribution in [2.24, 2.45) is 0 Å². The molecule has 3 heterocycles. The van der Waals surface area contributed by atoms with Gasteiger partial charge >= 0.3 is 0 Å². The highest BCUT2D eigenvalue weighted by atomic mass is 16.3. The molecular formula is C26H29N7O. The van der Waals surface area contributed by atoms with E-state index in [4.69, 9.17) is 4.98 Å². The Labute approximate surface area is 199 Å². The molecule has 34 heavy (non-hydrogen) atoms. The standard InChI is InChI=1S/C26H29N7O/c1-16-8-17(2)10-23(9-16)31-26-28-14-24(21-13-29-33(15-21)18(3)34)25(32-26)30-22-5-4-19-6-7-27-12-20(19)11-22/h4-5,8-11,13-15,18,27,34H,6-7,12H2,1-3H3,(H2,28,30,31,32). The van der Waals surface area contributed by atoms with E-state index in [9.17, 15) is 5.11 Å². The summed E-state index contributed by atoms with van der Waals surface area (Å²) in [4.78, 5) is 9.38. The molecule has 0 fully saturated rings. The molecule has 0 saturated heterocycles. The fourth-order valence-corrected chi connectivity index (χ4v) is 4.30. The van der Waals surface area contributed by atoms with Crippen molar-refractivity contribution in [2.45, 2.75) is 40.0 Å². The highest BCUT2D eigenvalue weighted by Gasteiger charge is 2.15. The average Bonchev–Trinajstić information content (AvgIpc) is 3.29. The van der Waals surface area contributed by atoms with Crippen molar-refractivity contribution in [2.75, 3.05) is 17.2 Å². The van der Waals surface area contributed by atoms with E-state index in [0.29, 0.717) is 11.8 Å². The number of aliphatic hydroxyl groups excluding tert-OH is 1. The summed E-state index contributed by atoms with van der Waals surface area (Å²) in [6.45, 7) is 7.68. The molecule has 0 bridgehead atoms. The molecule has 1 aliphatic heterocycles. The second kappa shape index (κ2) is 9.24. The molecule has 2 aromatic carbocycles. The molecule has 5 rings (SSSR count). The largest absolute Gasteiger partial charge is 0.372 e.